The van der Waals surface area contributed by atoms with Crippen molar-refractivity contribution in [3.05, 3.63) is 81.8 Å². The first-order valence-electron chi connectivity index (χ1n) is 9.03. The lowest BCUT2D eigenvalue weighted by Crippen LogP contribution is -2.25. The lowest BCUT2D eigenvalue weighted by atomic mass is 10.1. The molecule has 1 aromatic heterocycles. The highest BCUT2D eigenvalue weighted by Gasteiger charge is 2.11. The van der Waals surface area contributed by atoms with Crippen LogP contribution in [0.15, 0.2) is 59.2 Å². The van der Waals surface area contributed by atoms with Gasteiger partial charge in [-0.2, -0.15) is 5.26 Å². The van der Waals surface area contributed by atoms with Crippen molar-refractivity contribution in [2.24, 2.45) is 7.05 Å². The van der Waals surface area contributed by atoms with Crippen LogP contribution in [0.25, 0.3) is 0 Å². The van der Waals surface area contributed by atoms with Crippen molar-refractivity contribution in [3.63, 3.8) is 0 Å². The lowest BCUT2D eigenvalue weighted by Gasteiger charge is -2.25. The van der Waals surface area contributed by atoms with Gasteiger partial charge in [-0.15, -0.1) is 0 Å². The molecule has 0 saturated heterocycles. The maximum Gasteiger partial charge on any atom is 0.105 e. The Morgan fingerprint density at radius 2 is 1.81 bits per heavy atom. The molecule has 138 valence electrons. The van der Waals surface area contributed by atoms with E-state index < -0.39 is 0 Å². The average molecular weight is 423 g/mol. The zero-order valence-electron chi connectivity index (χ0n) is 15.7. The predicted octanol–water partition coefficient (Wildman–Crippen LogP) is 5.00. The molecule has 0 atom stereocenters. The van der Waals surface area contributed by atoms with E-state index >= 15 is 0 Å². The number of halogens is 1. The van der Waals surface area contributed by atoms with Crippen LogP contribution in [0.5, 0.6) is 0 Å². The molecular weight excluding hydrogens is 400 g/mol. The minimum absolute atomic E-state index is 0.685. The van der Waals surface area contributed by atoms with Gasteiger partial charge in [0, 0.05) is 23.8 Å². The Bertz CT molecular complexity index is 920. The minimum Gasteiger partial charge on any atom is -0.366 e. The van der Waals surface area contributed by atoms with E-state index in [-0.39, 0.29) is 0 Å². The molecule has 1 heterocycles. The molecule has 0 aliphatic heterocycles. The van der Waals surface area contributed by atoms with Crippen molar-refractivity contribution < 1.29 is 0 Å². The summed E-state index contributed by atoms with van der Waals surface area (Å²) < 4.78 is 3.24. The summed E-state index contributed by atoms with van der Waals surface area (Å²) in [5, 5.41) is 9.05. The summed E-state index contributed by atoms with van der Waals surface area (Å²) in [7, 11) is 2.05. The van der Waals surface area contributed by atoms with Crippen LogP contribution in [-0.4, -0.2) is 16.1 Å². The van der Waals surface area contributed by atoms with Crippen LogP contribution in [0.2, 0.25) is 0 Å². The van der Waals surface area contributed by atoms with Gasteiger partial charge < -0.3 is 9.47 Å². The normalized spacial score (nSPS) is 10.6. The molecule has 5 heteroatoms. The fourth-order valence-electron chi connectivity index (χ4n) is 3.06. The number of imidazole rings is 1. The van der Waals surface area contributed by atoms with Gasteiger partial charge in [-0.25, -0.2) is 4.98 Å². The Morgan fingerprint density at radius 1 is 1.11 bits per heavy atom. The van der Waals surface area contributed by atoms with Crippen LogP contribution in [0.4, 0.5) is 5.69 Å². The predicted molar refractivity (Wildman–Crippen MR) is 113 cm³/mol. The summed E-state index contributed by atoms with van der Waals surface area (Å²) in [5.41, 5.74) is 4.34. The molecule has 0 aliphatic rings. The molecule has 0 N–H and O–H groups in total. The maximum absolute atomic E-state index is 9.05. The number of nitrogens with zero attached hydrogens (tertiary/aromatic N) is 4. The number of aryl methyl sites for hydroxylation is 2. The fraction of sp³-hybridized carbons (Fsp3) is 0.273. The number of rotatable bonds is 7. The summed E-state index contributed by atoms with van der Waals surface area (Å²) >= 11 is 3.49. The van der Waals surface area contributed by atoms with Crippen molar-refractivity contribution in [2.75, 3.05) is 11.4 Å². The first-order chi connectivity index (χ1) is 13.1. The van der Waals surface area contributed by atoms with Gasteiger partial charge in [-0.3, -0.25) is 0 Å². The van der Waals surface area contributed by atoms with Crippen LogP contribution < -0.4 is 4.90 Å². The highest BCUT2D eigenvalue weighted by atomic mass is 79.9. The van der Waals surface area contributed by atoms with E-state index in [2.05, 4.69) is 67.8 Å². The smallest absolute Gasteiger partial charge is 0.105 e. The highest BCUT2D eigenvalue weighted by molar-refractivity contribution is 9.10. The standard InChI is InChI=1S/C22H23BrN4/c1-17-25-15-22(26(17)2)16-27(21-11-7-19(14-24)8-12-21)13-3-4-18-5-9-20(23)10-6-18/h5-12,15H,3-4,13,16H2,1-2H3. The fourth-order valence-corrected chi connectivity index (χ4v) is 3.33. The van der Waals surface area contributed by atoms with Crippen molar-refractivity contribution in [3.8, 4) is 6.07 Å². The SMILES string of the molecule is Cc1ncc(CN(CCCc2ccc(Br)cc2)c2ccc(C#N)cc2)n1C. The third kappa shape index (κ3) is 4.99. The molecule has 0 spiro atoms. The second-order valence-electron chi connectivity index (χ2n) is 6.67. The van der Waals surface area contributed by atoms with Gasteiger partial charge in [-0.05, 0) is 61.7 Å². The molecule has 0 fully saturated rings. The second kappa shape index (κ2) is 8.88. The summed E-state index contributed by atoms with van der Waals surface area (Å²) in [6.07, 6.45) is 4.03. The number of aromatic nitrogens is 2. The second-order valence-corrected chi connectivity index (χ2v) is 7.58. The molecule has 27 heavy (non-hydrogen) atoms. The number of nitriles is 1. The van der Waals surface area contributed by atoms with Gasteiger partial charge >= 0.3 is 0 Å². The third-order valence-corrected chi connectivity index (χ3v) is 5.37. The van der Waals surface area contributed by atoms with E-state index in [1.165, 1.54) is 11.3 Å². The van der Waals surface area contributed by atoms with Gasteiger partial charge in [0.05, 0.1) is 30.1 Å². The average Bonchev–Trinajstić information content (AvgIpc) is 3.01. The molecule has 3 rings (SSSR count). The molecule has 0 aliphatic carbocycles. The number of hydrogen-bond donors (Lipinski definition) is 0. The van der Waals surface area contributed by atoms with Crippen LogP contribution in [0.3, 0.4) is 0 Å². The summed E-state index contributed by atoms with van der Waals surface area (Å²) in [6.45, 7) is 3.75. The van der Waals surface area contributed by atoms with E-state index in [1.54, 1.807) is 0 Å². The van der Waals surface area contributed by atoms with E-state index in [1.807, 2.05) is 37.4 Å². The van der Waals surface area contributed by atoms with Crippen LogP contribution in [0.1, 0.15) is 29.1 Å². The first-order valence-corrected chi connectivity index (χ1v) is 9.83. The van der Waals surface area contributed by atoms with Crippen molar-refractivity contribution in [2.45, 2.75) is 26.3 Å². The Morgan fingerprint density at radius 3 is 2.41 bits per heavy atom. The molecule has 0 amide bonds. The molecule has 3 aromatic rings. The molecule has 0 bridgehead atoms. The topological polar surface area (TPSA) is 44.9 Å². The highest BCUT2D eigenvalue weighted by Crippen LogP contribution is 2.20. The van der Waals surface area contributed by atoms with Crippen LogP contribution >= 0.6 is 15.9 Å². The summed E-state index contributed by atoms with van der Waals surface area (Å²) in [4.78, 5) is 6.77. The van der Waals surface area contributed by atoms with Crippen molar-refractivity contribution in [1.82, 2.24) is 9.55 Å². The van der Waals surface area contributed by atoms with E-state index in [0.717, 1.165) is 41.9 Å². The minimum atomic E-state index is 0.685. The number of hydrogen-bond acceptors (Lipinski definition) is 3. The Hall–Kier alpha value is -2.58. The van der Waals surface area contributed by atoms with Gasteiger partial charge in [-0.1, -0.05) is 28.1 Å². The van der Waals surface area contributed by atoms with Crippen LogP contribution in [-0.2, 0) is 20.0 Å². The van der Waals surface area contributed by atoms with Gasteiger partial charge in [0.2, 0.25) is 0 Å². The van der Waals surface area contributed by atoms with Gasteiger partial charge in [0.1, 0.15) is 5.82 Å². The quantitative estimate of drug-likeness (QED) is 0.537. The zero-order valence-corrected chi connectivity index (χ0v) is 17.3. The van der Waals surface area contributed by atoms with Crippen molar-refractivity contribution >= 4 is 21.6 Å². The number of benzene rings is 2. The Kier molecular flexibility index (Phi) is 6.31. The van der Waals surface area contributed by atoms with Crippen LogP contribution in [0, 0.1) is 18.3 Å². The van der Waals surface area contributed by atoms with Crippen molar-refractivity contribution in [1.29, 1.82) is 5.26 Å². The molecule has 0 unspecified atom stereocenters. The Labute approximate surface area is 169 Å². The van der Waals surface area contributed by atoms with E-state index in [4.69, 9.17) is 5.26 Å². The summed E-state index contributed by atoms with van der Waals surface area (Å²) in [5.74, 6) is 1.01. The Balaban J connectivity index is 1.73. The zero-order chi connectivity index (χ0) is 19.2. The summed E-state index contributed by atoms with van der Waals surface area (Å²) in [6, 6.07) is 18.5. The molecule has 4 nitrogen and oxygen atoms in total. The largest absolute Gasteiger partial charge is 0.366 e. The maximum atomic E-state index is 9.05. The molecule has 0 saturated carbocycles. The monoisotopic (exact) mass is 422 g/mol. The first kappa shape index (κ1) is 19.2. The van der Waals surface area contributed by atoms with E-state index in [9.17, 15) is 0 Å². The third-order valence-electron chi connectivity index (χ3n) is 4.84. The number of anilines is 1. The van der Waals surface area contributed by atoms with Gasteiger partial charge in [0.15, 0.2) is 0 Å². The lowest BCUT2D eigenvalue weighted by molar-refractivity contribution is 0.692. The van der Waals surface area contributed by atoms with E-state index in [0.29, 0.717) is 5.56 Å². The molecular formula is C22H23BrN4. The van der Waals surface area contributed by atoms with Gasteiger partial charge in [0.25, 0.3) is 0 Å². The molecule has 2 aromatic carbocycles. The molecule has 0 radical (unpaired) electrons.